The van der Waals surface area contributed by atoms with Crippen molar-refractivity contribution in [2.75, 3.05) is 12.4 Å². The van der Waals surface area contributed by atoms with Gasteiger partial charge in [0.05, 0.1) is 18.1 Å². The van der Waals surface area contributed by atoms with Gasteiger partial charge in [-0.05, 0) is 65.4 Å². The molecule has 0 bridgehead atoms. The van der Waals surface area contributed by atoms with E-state index in [1.54, 1.807) is 18.9 Å². The number of nitrogens with zero attached hydrogens (tertiary/aromatic N) is 2. The van der Waals surface area contributed by atoms with Crippen molar-refractivity contribution in [2.24, 2.45) is 0 Å². The lowest BCUT2D eigenvalue weighted by Crippen LogP contribution is -1.99. The molecule has 1 aromatic heterocycles. The van der Waals surface area contributed by atoms with Crippen LogP contribution < -0.4 is 10.1 Å². The molecular formula is C25H18ClN3OS. The maximum atomic E-state index is 6.18. The van der Waals surface area contributed by atoms with E-state index in [4.69, 9.17) is 26.3 Å². The smallest absolute Gasteiger partial charge is 0.164 e. The maximum absolute atomic E-state index is 6.18. The molecule has 0 aliphatic heterocycles. The summed E-state index contributed by atoms with van der Waals surface area (Å²) in [6.45, 7) is 0. The fourth-order valence-electron chi connectivity index (χ4n) is 3.34. The molecule has 152 valence electrons. The van der Waals surface area contributed by atoms with Crippen molar-refractivity contribution in [2.45, 2.75) is 9.92 Å². The highest BCUT2D eigenvalue weighted by Gasteiger charge is 2.13. The molecule has 6 heteroatoms. The predicted molar refractivity (Wildman–Crippen MR) is 129 cm³/mol. The minimum absolute atomic E-state index is 0.661. The number of aromatic nitrogens is 2. The van der Waals surface area contributed by atoms with Crippen LogP contribution in [0.4, 0.5) is 11.5 Å². The highest BCUT2D eigenvalue weighted by molar-refractivity contribution is 7.99. The Bertz CT molecular complexity index is 1390. The Morgan fingerprint density at radius 2 is 1.52 bits per heavy atom. The molecule has 5 rings (SSSR count). The lowest BCUT2D eigenvalue weighted by atomic mass is 10.1. The van der Waals surface area contributed by atoms with Gasteiger partial charge in [-0.15, -0.1) is 0 Å². The molecule has 0 atom stereocenters. The molecule has 1 N–H and O–H groups in total. The van der Waals surface area contributed by atoms with Crippen LogP contribution in [0.5, 0.6) is 5.75 Å². The second kappa shape index (κ2) is 8.46. The molecule has 0 radical (unpaired) electrons. The van der Waals surface area contributed by atoms with Gasteiger partial charge in [0, 0.05) is 15.6 Å². The summed E-state index contributed by atoms with van der Waals surface area (Å²) in [4.78, 5) is 10.9. The van der Waals surface area contributed by atoms with Gasteiger partial charge < -0.3 is 10.1 Å². The molecular weight excluding hydrogens is 426 g/mol. The van der Waals surface area contributed by atoms with E-state index in [1.165, 1.54) is 0 Å². The Balaban J connectivity index is 1.62. The van der Waals surface area contributed by atoms with Crippen molar-refractivity contribution >= 4 is 56.7 Å². The fourth-order valence-corrected chi connectivity index (χ4v) is 4.36. The average Bonchev–Trinajstić information content (AvgIpc) is 2.79. The molecule has 0 fully saturated rings. The van der Waals surface area contributed by atoms with Gasteiger partial charge in [0.2, 0.25) is 0 Å². The zero-order chi connectivity index (χ0) is 21.2. The van der Waals surface area contributed by atoms with Crippen LogP contribution in [0, 0.1) is 0 Å². The normalized spacial score (nSPS) is 11.0. The van der Waals surface area contributed by atoms with E-state index in [1.807, 2.05) is 60.7 Å². The van der Waals surface area contributed by atoms with Crippen molar-refractivity contribution in [1.82, 2.24) is 9.97 Å². The summed E-state index contributed by atoms with van der Waals surface area (Å²) in [6, 6.07) is 27.9. The summed E-state index contributed by atoms with van der Waals surface area (Å²) < 4.78 is 5.27. The molecule has 31 heavy (non-hydrogen) atoms. The standard InChI is InChI=1S/C25H18ClN3OS/c1-30-20-9-11-21(12-10-20)31-25-24(27-19-8-4-7-18(26)15-19)28-22-13-16-5-2-3-6-17(16)14-23(22)29-25/h2-15H,1H3,(H,27,28). The highest BCUT2D eigenvalue weighted by Crippen LogP contribution is 2.35. The van der Waals surface area contributed by atoms with Gasteiger partial charge in [0.25, 0.3) is 0 Å². The van der Waals surface area contributed by atoms with Gasteiger partial charge in [0.15, 0.2) is 5.82 Å². The molecule has 0 unspecified atom stereocenters. The van der Waals surface area contributed by atoms with Crippen LogP contribution in [0.2, 0.25) is 5.02 Å². The van der Waals surface area contributed by atoms with Gasteiger partial charge in [-0.25, -0.2) is 9.97 Å². The second-order valence-electron chi connectivity index (χ2n) is 6.98. The number of nitrogens with one attached hydrogen (secondary N) is 1. The largest absolute Gasteiger partial charge is 0.497 e. The molecule has 0 saturated carbocycles. The Labute approximate surface area is 189 Å². The number of halogens is 1. The first-order valence-corrected chi connectivity index (χ1v) is 10.9. The molecule has 4 aromatic carbocycles. The minimum Gasteiger partial charge on any atom is -0.497 e. The van der Waals surface area contributed by atoms with Gasteiger partial charge in [-0.2, -0.15) is 0 Å². The summed E-state index contributed by atoms with van der Waals surface area (Å²) in [5, 5.41) is 7.11. The minimum atomic E-state index is 0.661. The predicted octanol–water partition coefficient (Wildman–Crippen LogP) is 7.34. The third kappa shape index (κ3) is 4.29. The van der Waals surface area contributed by atoms with Crippen LogP contribution in [0.3, 0.4) is 0 Å². The van der Waals surface area contributed by atoms with Gasteiger partial charge >= 0.3 is 0 Å². The first-order chi connectivity index (χ1) is 15.2. The SMILES string of the molecule is COc1ccc(Sc2nc3cc4ccccc4cc3nc2Nc2cccc(Cl)c2)cc1. The molecule has 4 nitrogen and oxygen atoms in total. The van der Waals surface area contributed by atoms with Gasteiger partial charge in [-0.3, -0.25) is 0 Å². The number of rotatable bonds is 5. The molecule has 0 saturated heterocycles. The van der Waals surface area contributed by atoms with Crippen molar-refractivity contribution in [3.63, 3.8) is 0 Å². The quantitative estimate of drug-likeness (QED) is 0.288. The van der Waals surface area contributed by atoms with Crippen molar-refractivity contribution < 1.29 is 4.74 Å². The number of methoxy groups -OCH3 is 1. The van der Waals surface area contributed by atoms with E-state index in [0.717, 1.165) is 43.2 Å². The van der Waals surface area contributed by atoms with Gasteiger partial charge in [-0.1, -0.05) is 53.7 Å². The van der Waals surface area contributed by atoms with E-state index in [0.29, 0.717) is 10.8 Å². The van der Waals surface area contributed by atoms with E-state index >= 15 is 0 Å². The third-order valence-electron chi connectivity index (χ3n) is 4.86. The topological polar surface area (TPSA) is 47.0 Å². The van der Waals surface area contributed by atoms with Crippen LogP contribution in [0.15, 0.2) is 94.9 Å². The lowest BCUT2D eigenvalue weighted by molar-refractivity contribution is 0.414. The monoisotopic (exact) mass is 443 g/mol. The summed E-state index contributed by atoms with van der Waals surface area (Å²) >= 11 is 7.73. The van der Waals surface area contributed by atoms with Crippen LogP contribution in [0.25, 0.3) is 21.8 Å². The zero-order valence-corrected chi connectivity index (χ0v) is 18.2. The molecule has 0 aliphatic rings. The summed E-state index contributed by atoms with van der Waals surface area (Å²) in [5.74, 6) is 1.50. The van der Waals surface area contributed by atoms with Crippen molar-refractivity contribution in [3.8, 4) is 5.75 Å². The Kier molecular flexibility index (Phi) is 5.37. The van der Waals surface area contributed by atoms with Crippen LogP contribution >= 0.6 is 23.4 Å². The summed E-state index contributed by atoms with van der Waals surface area (Å²) in [6.07, 6.45) is 0. The number of hydrogen-bond donors (Lipinski definition) is 1. The number of ether oxygens (including phenoxy) is 1. The molecule has 0 amide bonds. The van der Waals surface area contributed by atoms with Crippen LogP contribution in [0.1, 0.15) is 0 Å². The van der Waals surface area contributed by atoms with E-state index in [9.17, 15) is 0 Å². The number of fused-ring (bicyclic) bond motifs is 2. The van der Waals surface area contributed by atoms with Crippen molar-refractivity contribution in [3.05, 3.63) is 90.0 Å². The number of benzene rings is 4. The first-order valence-electron chi connectivity index (χ1n) is 9.73. The third-order valence-corrected chi connectivity index (χ3v) is 6.08. The fraction of sp³-hybridized carbons (Fsp3) is 0.0400. The van der Waals surface area contributed by atoms with Crippen molar-refractivity contribution in [1.29, 1.82) is 0 Å². The Hall–Kier alpha value is -3.28. The number of anilines is 2. The van der Waals surface area contributed by atoms with E-state index < -0.39 is 0 Å². The van der Waals surface area contributed by atoms with Crippen LogP contribution in [-0.4, -0.2) is 17.1 Å². The van der Waals surface area contributed by atoms with Crippen LogP contribution in [-0.2, 0) is 0 Å². The van der Waals surface area contributed by atoms with E-state index in [-0.39, 0.29) is 0 Å². The molecule has 1 heterocycles. The van der Waals surface area contributed by atoms with Gasteiger partial charge in [0.1, 0.15) is 10.8 Å². The Morgan fingerprint density at radius 1 is 0.806 bits per heavy atom. The molecule has 0 aliphatic carbocycles. The summed E-state index contributed by atoms with van der Waals surface area (Å²) in [7, 11) is 1.66. The zero-order valence-electron chi connectivity index (χ0n) is 16.7. The summed E-state index contributed by atoms with van der Waals surface area (Å²) in [5.41, 5.74) is 2.55. The number of hydrogen-bond acceptors (Lipinski definition) is 5. The molecule has 5 aromatic rings. The first kappa shape index (κ1) is 19.7. The second-order valence-corrected chi connectivity index (χ2v) is 8.48. The van der Waals surface area contributed by atoms with E-state index in [2.05, 4.69) is 29.6 Å². The average molecular weight is 444 g/mol. The Morgan fingerprint density at radius 3 is 2.19 bits per heavy atom. The maximum Gasteiger partial charge on any atom is 0.164 e. The highest BCUT2D eigenvalue weighted by atomic mass is 35.5. The lowest BCUT2D eigenvalue weighted by Gasteiger charge is -2.13. The molecule has 0 spiro atoms.